The number of nitrogens with one attached hydrogen (secondary N) is 1. The fourth-order valence-corrected chi connectivity index (χ4v) is 2.36. The molecule has 1 unspecified atom stereocenters. The minimum absolute atomic E-state index is 0.0691. The van der Waals surface area contributed by atoms with Gasteiger partial charge in [-0.1, -0.05) is 17.7 Å². The number of rotatable bonds is 2. The molecule has 5 nitrogen and oxygen atoms in total. The van der Waals surface area contributed by atoms with Crippen LogP contribution in [0.3, 0.4) is 0 Å². The van der Waals surface area contributed by atoms with Gasteiger partial charge < -0.3 is 4.74 Å². The normalized spacial score (nSPS) is 17.0. The van der Waals surface area contributed by atoms with Gasteiger partial charge in [-0.15, -0.1) is 0 Å². The lowest BCUT2D eigenvalue weighted by Crippen LogP contribution is -2.33. The first-order valence-corrected chi connectivity index (χ1v) is 6.18. The number of nitrogens with zero attached hydrogens (tertiary/aromatic N) is 1. The van der Waals surface area contributed by atoms with E-state index in [1.54, 1.807) is 0 Å². The first kappa shape index (κ1) is 11.8. The number of aromatic amines is 1. The monoisotopic (exact) mass is 258 g/mol. The molecule has 0 radical (unpaired) electrons. The Kier molecular flexibility index (Phi) is 2.74. The molecule has 0 saturated carbocycles. The summed E-state index contributed by atoms with van der Waals surface area (Å²) < 4.78 is 7.26. The second-order valence-electron chi connectivity index (χ2n) is 4.82. The molecule has 98 valence electrons. The Morgan fingerprint density at radius 2 is 2.21 bits per heavy atom. The smallest absolute Gasteiger partial charge is 0.328 e. The highest BCUT2D eigenvalue weighted by molar-refractivity contribution is 5.40. The number of hydrogen-bond acceptors (Lipinski definition) is 3. The molecule has 0 fully saturated rings. The molecule has 1 aliphatic heterocycles. The van der Waals surface area contributed by atoms with E-state index < -0.39 is 5.69 Å². The van der Waals surface area contributed by atoms with Crippen LogP contribution < -0.4 is 16.0 Å². The summed E-state index contributed by atoms with van der Waals surface area (Å²) >= 11 is 0. The Bertz CT molecular complexity index is 730. The highest BCUT2D eigenvalue weighted by atomic mass is 16.5. The molecule has 1 aromatic heterocycles. The third-order valence-corrected chi connectivity index (χ3v) is 3.25. The van der Waals surface area contributed by atoms with Crippen molar-refractivity contribution in [1.29, 1.82) is 0 Å². The van der Waals surface area contributed by atoms with Crippen molar-refractivity contribution < 1.29 is 4.74 Å². The van der Waals surface area contributed by atoms with Crippen molar-refractivity contribution in [3.05, 3.63) is 62.4 Å². The van der Waals surface area contributed by atoms with Crippen LogP contribution in [0.4, 0.5) is 0 Å². The maximum absolute atomic E-state index is 11.6. The summed E-state index contributed by atoms with van der Waals surface area (Å²) in [6.07, 6.45) is 2.21. The minimum atomic E-state index is -0.400. The van der Waals surface area contributed by atoms with Crippen molar-refractivity contribution in [3.8, 4) is 5.75 Å². The molecule has 19 heavy (non-hydrogen) atoms. The van der Waals surface area contributed by atoms with Gasteiger partial charge in [-0.2, -0.15) is 0 Å². The van der Waals surface area contributed by atoms with E-state index in [0.29, 0.717) is 6.54 Å². The zero-order valence-electron chi connectivity index (χ0n) is 10.6. The maximum Gasteiger partial charge on any atom is 0.328 e. The van der Waals surface area contributed by atoms with E-state index in [4.69, 9.17) is 4.74 Å². The van der Waals surface area contributed by atoms with Gasteiger partial charge in [-0.25, -0.2) is 4.79 Å². The topological polar surface area (TPSA) is 64.1 Å². The van der Waals surface area contributed by atoms with Crippen molar-refractivity contribution in [2.75, 3.05) is 0 Å². The number of aromatic nitrogens is 2. The summed E-state index contributed by atoms with van der Waals surface area (Å²) in [5.74, 6) is 0.882. The van der Waals surface area contributed by atoms with Crippen LogP contribution in [0, 0.1) is 6.92 Å². The quantitative estimate of drug-likeness (QED) is 0.868. The number of benzene rings is 1. The molecular formula is C14H14N2O3. The molecule has 1 atom stereocenters. The van der Waals surface area contributed by atoms with Crippen molar-refractivity contribution in [2.24, 2.45) is 0 Å². The molecule has 0 bridgehead atoms. The number of fused-ring (bicyclic) bond motifs is 1. The van der Waals surface area contributed by atoms with Crippen LogP contribution in [-0.2, 0) is 13.0 Å². The first-order chi connectivity index (χ1) is 9.11. The van der Waals surface area contributed by atoms with Gasteiger partial charge in [0.15, 0.2) is 0 Å². The lowest BCUT2D eigenvalue weighted by atomic mass is 10.1. The van der Waals surface area contributed by atoms with Crippen LogP contribution >= 0.6 is 0 Å². The Labute approximate surface area is 109 Å². The van der Waals surface area contributed by atoms with E-state index in [9.17, 15) is 9.59 Å². The summed E-state index contributed by atoms with van der Waals surface area (Å²) in [6, 6.07) is 7.41. The van der Waals surface area contributed by atoms with E-state index in [-0.39, 0.29) is 11.7 Å². The number of hydrogen-bond donors (Lipinski definition) is 1. The van der Waals surface area contributed by atoms with E-state index in [1.807, 2.05) is 19.1 Å². The van der Waals surface area contributed by atoms with E-state index >= 15 is 0 Å². The number of aryl methyl sites for hydroxylation is 1. The second kappa shape index (κ2) is 4.42. The van der Waals surface area contributed by atoms with Crippen molar-refractivity contribution in [2.45, 2.75) is 26.0 Å². The molecule has 0 spiro atoms. The molecule has 0 amide bonds. The Morgan fingerprint density at radius 3 is 3.00 bits per heavy atom. The van der Waals surface area contributed by atoms with Crippen LogP contribution in [-0.4, -0.2) is 15.7 Å². The summed E-state index contributed by atoms with van der Waals surface area (Å²) in [5.41, 5.74) is 1.59. The van der Waals surface area contributed by atoms with Gasteiger partial charge in [0.1, 0.15) is 11.9 Å². The standard InChI is InChI=1S/C14H14N2O3/c1-9-2-3-12-10(6-9)7-11(19-12)8-16-5-4-13(17)15-14(16)18/h2-6,11H,7-8H2,1H3,(H,15,17,18). The molecule has 2 heterocycles. The summed E-state index contributed by atoms with van der Waals surface area (Å²) in [7, 11) is 0. The molecular weight excluding hydrogens is 244 g/mol. The van der Waals surface area contributed by atoms with Gasteiger partial charge in [0.25, 0.3) is 5.56 Å². The van der Waals surface area contributed by atoms with Gasteiger partial charge in [-0.05, 0) is 18.6 Å². The summed E-state index contributed by atoms with van der Waals surface area (Å²) in [5, 5.41) is 0. The molecule has 1 aliphatic rings. The Morgan fingerprint density at radius 1 is 1.37 bits per heavy atom. The van der Waals surface area contributed by atoms with Crippen molar-refractivity contribution >= 4 is 0 Å². The lowest BCUT2D eigenvalue weighted by molar-refractivity contribution is 0.206. The molecule has 2 aromatic rings. The second-order valence-corrected chi connectivity index (χ2v) is 4.82. The lowest BCUT2D eigenvalue weighted by Gasteiger charge is -2.11. The predicted molar refractivity (Wildman–Crippen MR) is 70.6 cm³/mol. The summed E-state index contributed by atoms with van der Waals surface area (Å²) in [4.78, 5) is 24.8. The molecule has 0 aliphatic carbocycles. The van der Waals surface area contributed by atoms with E-state index in [1.165, 1.54) is 28.0 Å². The third-order valence-electron chi connectivity index (χ3n) is 3.25. The molecule has 5 heteroatoms. The van der Waals surface area contributed by atoms with Crippen LogP contribution in [0.5, 0.6) is 5.75 Å². The average Bonchev–Trinajstić information content (AvgIpc) is 2.74. The van der Waals surface area contributed by atoms with Crippen molar-refractivity contribution in [3.63, 3.8) is 0 Å². The largest absolute Gasteiger partial charge is 0.488 e. The number of ether oxygens (including phenoxy) is 1. The van der Waals surface area contributed by atoms with Gasteiger partial charge in [-0.3, -0.25) is 14.3 Å². The minimum Gasteiger partial charge on any atom is -0.488 e. The Balaban J connectivity index is 1.80. The SMILES string of the molecule is Cc1ccc2c(c1)CC(Cn1ccc(=O)[nH]c1=O)O2. The zero-order valence-corrected chi connectivity index (χ0v) is 10.6. The third kappa shape index (κ3) is 2.31. The molecule has 1 aromatic carbocycles. The van der Waals surface area contributed by atoms with E-state index in [0.717, 1.165) is 12.2 Å². The highest BCUT2D eigenvalue weighted by Gasteiger charge is 2.23. The highest BCUT2D eigenvalue weighted by Crippen LogP contribution is 2.29. The molecule has 3 rings (SSSR count). The predicted octanol–water partition coefficient (Wildman–Crippen LogP) is 0.849. The summed E-state index contributed by atoms with van der Waals surface area (Å²) in [6.45, 7) is 2.48. The van der Waals surface area contributed by atoms with Gasteiger partial charge in [0.2, 0.25) is 0 Å². The fraction of sp³-hybridized carbons (Fsp3) is 0.286. The Hall–Kier alpha value is -2.30. The van der Waals surface area contributed by atoms with Crippen LogP contribution in [0.25, 0.3) is 0 Å². The van der Waals surface area contributed by atoms with E-state index in [2.05, 4.69) is 11.1 Å². The van der Waals surface area contributed by atoms with Gasteiger partial charge in [0, 0.05) is 18.7 Å². The number of H-pyrrole nitrogens is 1. The van der Waals surface area contributed by atoms with Crippen LogP contribution in [0.1, 0.15) is 11.1 Å². The first-order valence-electron chi connectivity index (χ1n) is 6.18. The van der Waals surface area contributed by atoms with Gasteiger partial charge >= 0.3 is 5.69 Å². The van der Waals surface area contributed by atoms with Crippen LogP contribution in [0.2, 0.25) is 0 Å². The van der Waals surface area contributed by atoms with Crippen molar-refractivity contribution in [1.82, 2.24) is 9.55 Å². The fourth-order valence-electron chi connectivity index (χ4n) is 2.36. The van der Waals surface area contributed by atoms with Crippen LogP contribution in [0.15, 0.2) is 40.1 Å². The maximum atomic E-state index is 11.6. The average molecular weight is 258 g/mol. The molecule has 1 N–H and O–H groups in total. The van der Waals surface area contributed by atoms with Gasteiger partial charge in [0.05, 0.1) is 6.54 Å². The molecule has 0 saturated heterocycles. The zero-order chi connectivity index (χ0) is 13.4.